The lowest BCUT2D eigenvalue weighted by Gasteiger charge is -2.11. The highest BCUT2D eigenvalue weighted by Crippen LogP contribution is 2.29. The molecule has 2 amide bonds. The quantitative estimate of drug-likeness (QED) is 0.276. The number of nitrogens with one attached hydrogen (secondary N) is 3. The van der Waals surface area contributed by atoms with Crippen molar-refractivity contribution in [2.45, 2.75) is 6.42 Å². The van der Waals surface area contributed by atoms with E-state index >= 15 is 0 Å². The molecule has 0 saturated carbocycles. The van der Waals surface area contributed by atoms with Crippen molar-refractivity contribution in [3.8, 4) is 11.5 Å². The van der Waals surface area contributed by atoms with Crippen molar-refractivity contribution < 1.29 is 13.9 Å². The van der Waals surface area contributed by atoms with Gasteiger partial charge in [0, 0.05) is 30.2 Å². The van der Waals surface area contributed by atoms with Gasteiger partial charge in [0.2, 0.25) is 0 Å². The number of H-pyrrole nitrogens is 1. The third-order valence-corrected chi connectivity index (χ3v) is 5.35. The number of anilines is 2. The van der Waals surface area contributed by atoms with E-state index in [1.165, 1.54) is 0 Å². The predicted molar refractivity (Wildman–Crippen MR) is 129 cm³/mol. The Bertz CT molecular complexity index is 1430. The van der Waals surface area contributed by atoms with Crippen LogP contribution in [0.1, 0.15) is 5.56 Å². The molecule has 0 aliphatic heterocycles. The van der Waals surface area contributed by atoms with Crippen LogP contribution in [0.4, 0.5) is 20.6 Å². The van der Waals surface area contributed by atoms with Crippen molar-refractivity contribution >= 4 is 39.2 Å². The van der Waals surface area contributed by atoms with Gasteiger partial charge in [-0.05, 0) is 64.9 Å². The molecule has 5 aromatic rings. The summed E-state index contributed by atoms with van der Waals surface area (Å²) >= 11 is 0. The number of ether oxygens (including phenoxy) is 1. The first-order valence-corrected chi connectivity index (χ1v) is 10.6. The van der Waals surface area contributed by atoms with Crippen molar-refractivity contribution in [3.63, 3.8) is 0 Å². The molecule has 6 nitrogen and oxygen atoms in total. The Morgan fingerprint density at radius 2 is 1.76 bits per heavy atom. The molecule has 33 heavy (non-hydrogen) atoms. The number of fused-ring (bicyclic) bond motifs is 2. The number of hydrogen-bond donors (Lipinski definition) is 3. The summed E-state index contributed by atoms with van der Waals surface area (Å²) in [5.74, 6) is 1.35. The van der Waals surface area contributed by atoms with Crippen LogP contribution in [0.2, 0.25) is 0 Å². The van der Waals surface area contributed by atoms with E-state index in [2.05, 4.69) is 20.6 Å². The monoisotopic (exact) mass is 440 g/mol. The molecule has 0 radical (unpaired) electrons. The highest BCUT2D eigenvalue weighted by Gasteiger charge is 2.08. The lowest BCUT2D eigenvalue weighted by Crippen LogP contribution is -2.19. The van der Waals surface area contributed by atoms with Gasteiger partial charge in [0.1, 0.15) is 17.1 Å². The fraction of sp³-hybridized carbons (Fsp3) is 0.0769. The summed E-state index contributed by atoms with van der Waals surface area (Å²) in [5, 5.41) is 8.49. The van der Waals surface area contributed by atoms with Gasteiger partial charge in [0.15, 0.2) is 0 Å². The number of carbonyl (C=O) groups excluding carboxylic acids is 1. The average molecular weight is 440 g/mol. The first-order chi connectivity index (χ1) is 16.2. The summed E-state index contributed by atoms with van der Waals surface area (Å²) < 4.78 is 18.7. The summed E-state index contributed by atoms with van der Waals surface area (Å²) in [6.45, 7) is -0.398. The van der Waals surface area contributed by atoms with Gasteiger partial charge in [0.05, 0.1) is 12.1 Å². The molecule has 2 heterocycles. The van der Waals surface area contributed by atoms with Crippen molar-refractivity contribution in [1.29, 1.82) is 0 Å². The molecule has 0 aliphatic rings. The Kier molecular flexibility index (Phi) is 5.59. The first kappa shape index (κ1) is 20.5. The second kappa shape index (κ2) is 9.00. The number of benzene rings is 3. The number of aromatic amines is 1. The molecule has 7 heteroatoms. The Hall–Kier alpha value is -4.39. The molecular weight excluding hydrogens is 419 g/mol. The van der Waals surface area contributed by atoms with Crippen molar-refractivity contribution in [1.82, 2.24) is 9.97 Å². The van der Waals surface area contributed by atoms with Gasteiger partial charge in [-0.1, -0.05) is 24.3 Å². The number of pyridine rings is 1. The maximum absolute atomic E-state index is 12.8. The topological polar surface area (TPSA) is 79.0 Å². The van der Waals surface area contributed by atoms with E-state index in [0.717, 1.165) is 27.4 Å². The summed E-state index contributed by atoms with van der Waals surface area (Å²) in [5.41, 5.74) is 3.00. The van der Waals surface area contributed by atoms with Gasteiger partial charge in [-0.2, -0.15) is 0 Å². The number of hydrogen-bond acceptors (Lipinski definition) is 3. The molecule has 0 aliphatic carbocycles. The highest BCUT2D eigenvalue weighted by molar-refractivity contribution is 6.01. The van der Waals surface area contributed by atoms with Crippen molar-refractivity contribution in [2.75, 3.05) is 17.3 Å². The van der Waals surface area contributed by atoms with E-state index in [0.29, 0.717) is 29.3 Å². The number of urea groups is 1. The van der Waals surface area contributed by atoms with Gasteiger partial charge in [-0.25, -0.2) is 9.78 Å². The maximum atomic E-state index is 12.8. The number of halogens is 1. The van der Waals surface area contributed by atoms with Crippen LogP contribution in [0.3, 0.4) is 0 Å². The minimum atomic E-state index is -0.398. The van der Waals surface area contributed by atoms with E-state index < -0.39 is 6.67 Å². The van der Waals surface area contributed by atoms with Gasteiger partial charge < -0.3 is 20.4 Å². The van der Waals surface area contributed by atoms with Crippen LogP contribution in [0.25, 0.3) is 21.8 Å². The zero-order valence-electron chi connectivity index (χ0n) is 17.6. The molecule has 2 aromatic heterocycles. The molecule has 0 unspecified atom stereocenters. The van der Waals surface area contributed by atoms with Crippen LogP contribution < -0.4 is 15.4 Å². The van der Waals surface area contributed by atoms with Crippen LogP contribution in [-0.4, -0.2) is 22.7 Å². The van der Waals surface area contributed by atoms with Crippen LogP contribution in [-0.2, 0) is 6.42 Å². The Balaban J connectivity index is 1.24. The highest BCUT2D eigenvalue weighted by atomic mass is 19.1. The largest absolute Gasteiger partial charge is 0.457 e. The smallest absolute Gasteiger partial charge is 0.323 e. The second-order valence-corrected chi connectivity index (χ2v) is 7.55. The molecule has 0 bridgehead atoms. The van der Waals surface area contributed by atoms with Crippen LogP contribution in [0.5, 0.6) is 11.5 Å². The summed E-state index contributed by atoms with van der Waals surface area (Å²) in [6, 6.07) is 21.8. The van der Waals surface area contributed by atoms with E-state index in [1.807, 2.05) is 48.7 Å². The van der Waals surface area contributed by atoms with E-state index in [9.17, 15) is 9.18 Å². The third kappa shape index (κ3) is 4.48. The van der Waals surface area contributed by atoms with Crippen LogP contribution in [0.15, 0.2) is 85.2 Å². The van der Waals surface area contributed by atoms with Crippen molar-refractivity contribution in [3.05, 3.63) is 90.8 Å². The zero-order chi connectivity index (χ0) is 22.6. The Morgan fingerprint density at radius 3 is 2.61 bits per heavy atom. The zero-order valence-corrected chi connectivity index (χ0v) is 17.6. The van der Waals surface area contributed by atoms with E-state index in [1.54, 1.807) is 36.5 Å². The predicted octanol–water partition coefficient (Wildman–Crippen LogP) is 6.66. The minimum absolute atomic E-state index is 0.355. The Morgan fingerprint density at radius 1 is 0.939 bits per heavy atom. The first-order valence-electron chi connectivity index (χ1n) is 10.6. The number of nitrogens with zero attached hydrogens (tertiary/aromatic N) is 1. The number of alkyl halides is 1. The molecule has 0 atom stereocenters. The third-order valence-electron chi connectivity index (χ3n) is 5.35. The fourth-order valence-electron chi connectivity index (χ4n) is 3.80. The van der Waals surface area contributed by atoms with Crippen LogP contribution >= 0.6 is 0 Å². The number of aryl methyl sites for hydroxylation is 1. The number of amides is 2. The molecule has 0 fully saturated rings. The van der Waals surface area contributed by atoms with Crippen LogP contribution in [0, 0.1) is 0 Å². The number of rotatable bonds is 6. The standard InChI is InChI=1S/C26H21FN4O2/c27-13-10-17-2-1-3-18-16-20(6-9-22(17)18)31-26(32)30-19-4-7-21(8-5-19)33-24-12-15-29-25-23(24)11-14-28-25/h1-9,11-12,14-16H,10,13H2,(H,28,29)(H2,30,31,32). The number of aromatic nitrogens is 2. The SMILES string of the molecule is O=C(Nc1ccc(Oc2ccnc3[nH]ccc23)cc1)Nc1ccc2c(CCF)cccc2c1. The summed E-state index contributed by atoms with van der Waals surface area (Å²) in [6.07, 6.45) is 3.87. The minimum Gasteiger partial charge on any atom is -0.457 e. The normalized spacial score (nSPS) is 10.9. The fourth-order valence-corrected chi connectivity index (χ4v) is 3.80. The molecule has 5 rings (SSSR count). The molecule has 164 valence electrons. The Labute approximate surface area is 189 Å². The molecular formula is C26H21FN4O2. The summed E-state index contributed by atoms with van der Waals surface area (Å²) in [7, 11) is 0. The van der Waals surface area contributed by atoms with Gasteiger partial charge in [0.25, 0.3) is 0 Å². The molecule has 3 N–H and O–H groups in total. The maximum Gasteiger partial charge on any atom is 0.323 e. The van der Waals surface area contributed by atoms with Gasteiger partial charge in [-0.3, -0.25) is 4.39 Å². The van der Waals surface area contributed by atoms with E-state index in [-0.39, 0.29) is 6.03 Å². The van der Waals surface area contributed by atoms with Crippen molar-refractivity contribution in [2.24, 2.45) is 0 Å². The molecule has 3 aromatic carbocycles. The van der Waals surface area contributed by atoms with E-state index in [4.69, 9.17) is 4.74 Å². The van der Waals surface area contributed by atoms with Gasteiger partial charge >= 0.3 is 6.03 Å². The lowest BCUT2D eigenvalue weighted by atomic mass is 10.0. The van der Waals surface area contributed by atoms with Gasteiger partial charge in [-0.15, -0.1) is 0 Å². The molecule has 0 saturated heterocycles. The average Bonchev–Trinajstić information content (AvgIpc) is 3.31. The number of carbonyl (C=O) groups is 1. The summed E-state index contributed by atoms with van der Waals surface area (Å²) in [4.78, 5) is 19.8. The second-order valence-electron chi connectivity index (χ2n) is 7.55. The lowest BCUT2D eigenvalue weighted by molar-refractivity contribution is 0.262. The molecule has 0 spiro atoms.